The quantitative estimate of drug-likeness (QED) is 0.540. The normalized spacial score (nSPS) is 11.3. The van der Waals surface area contributed by atoms with Crippen LogP contribution in [0.1, 0.15) is 12.5 Å². The van der Waals surface area contributed by atoms with Crippen LogP contribution in [0.25, 0.3) is 33.3 Å². The molecule has 6 nitrogen and oxygen atoms in total. The number of furan rings is 1. The summed E-state index contributed by atoms with van der Waals surface area (Å²) < 4.78 is 30.5. The topological polar surface area (TPSA) is 77.6 Å². The number of methoxy groups -OCH3 is 1. The van der Waals surface area contributed by atoms with Gasteiger partial charge in [0.15, 0.2) is 11.6 Å². The van der Waals surface area contributed by atoms with Crippen molar-refractivity contribution in [2.24, 2.45) is 0 Å². The Morgan fingerprint density at radius 3 is 2.79 bits per heavy atom. The number of benzene rings is 2. The van der Waals surface area contributed by atoms with Gasteiger partial charge in [-0.3, -0.25) is 0 Å². The Hall–Kier alpha value is -3.19. The number of aryl methyl sites for hydroxylation is 1. The summed E-state index contributed by atoms with van der Waals surface area (Å²) in [5.74, 6) is 0.529. The van der Waals surface area contributed by atoms with Crippen LogP contribution in [-0.2, 0) is 6.42 Å². The molecule has 0 aliphatic carbocycles. The van der Waals surface area contributed by atoms with Gasteiger partial charge in [0.2, 0.25) is 5.88 Å². The number of aromatic nitrogens is 2. The molecule has 0 saturated carbocycles. The van der Waals surface area contributed by atoms with Crippen LogP contribution in [0.5, 0.6) is 11.6 Å². The maximum Gasteiger partial charge on any atom is 0.232 e. The molecule has 0 bridgehead atoms. The largest absolute Gasteiger partial charge is 0.488 e. The number of fused-ring (bicyclic) bond motifs is 2. The van der Waals surface area contributed by atoms with E-state index in [2.05, 4.69) is 16.9 Å². The second kappa shape index (κ2) is 7.44. The Kier molecular flexibility index (Phi) is 4.83. The van der Waals surface area contributed by atoms with Crippen LogP contribution in [0.15, 0.2) is 40.9 Å². The summed E-state index contributed by atoms with van der Waals surface area (Å²) in [7, 11) is 1.55. The number of aliphatic hydroxyl groups is 1. The number of rotatable bonds is 6. The number of hydrogen-bond acceptors (Lipinski definition) is 6. The van der Waals surface area contributed by atoms with Crippen molar-refractivity contribution >= 4 is 22.0 Å². The molecule has 7 heteroatoms. The van der Waals surface area contributed by atoms with Crippen LogP contribution in [0.2, 0.25) is 0 Å². The molecule has 0 atom stereocenters. The lowest BCUT2D eigenvalue weighted by molar-refractivity contribution is 0.196. The summed E-state index contributed by atoms with van der Waals surface area (Å²) in [6, 6.07) is 8.64. The van der Waals surface area contributed by atoms with Crippen molar-refractivity contribution in [1.82, 2.24) is 9.97 Å². The standard InChI is InChI=1S/C21H19FN2O4/c1-3-12-6-14(21-16(7-12)24-20(26-2)11-23-21)18-8-13-9-19(27-5-4-25)15(22)10-17(13)28-18/h6-11,25H,3-5H2,1-2H3. The van der Waals surface area contributed by atoms with Crippen LogP contribution in [0, 0.1) is 5.82 Å². The number of nitrogens with zero attached hydrogens (tertiary/aromatic N) is 2. The van der Waals surface area contributed by atoms with Gasteiger partial charge in [0, 0.05) is 17.0 Å². The van der Waals surface area contributed by atoms with Crippen molar-refractivity contribution in [2.45, 2.75) is 13.3 Å². The average molecular weight is 382 g/mol. The Bertz CT molecular complexity index is 1150. The van der Waals surface area contributed by atoms with Crippen LogP contribution in [0.3, 0.4) is 0 Å². The van der Waals surface area contributed by atoms with Gasteiger partial charge in [-0.1, -0.05) is 6.92 Å². The van der Waals surface area contributed by atoms with Crippen LogP contribution < -0.4 is 9.47 Å². The van der Waals surface area contributed by atoms with Gasteiger partial charge in [0.25, 0.3) is 0 Å². The smallest absolute Gasteiger partial charge is 0.232 e. The number of halogens is 1. The van der Waals surface area contributed by atoms with Crippen molar-refractivity contribution in [3.05, 3.63) is 47.9 Å². The third-order valence-electron chi connectivity index (χ3n) is 4.49. The van der Waals surface area contributed by atoms with Gasteiger partial charge in [-0.2, -0.15) is 0 Å². The number of aliphatic hydroxyl groups excluding tert-OH is 1. The fourth-order valence-corrected chi connectivity index (χ4v) is 3.10. The summed E-state index contributed by atoms with van der Waals surface area (Å²) in [5, 5.41) is 9.58. The molecule has 0 aliphatic rings. The summed E-state index contributed by atoms with van der Waals surface area (Å²) in [5.41, 5.74) is 3.63. The van der Waals surface area contributed by atoms with E-state index in [9.17, 15) is 4.39 Å². The van der Waals surface area contributed by atoms with Crippen LogP contribution >= 0.6 is 0 Å². The monoisotopic (exact) mass is 382 g/mol. The fraction of sp³-hybridized carbons (Fsp3) is 0.238. The maximum absolute atomic E-state index is 14.2. The third-order valence-corrected chi connectivity index (χ3v) is 4.49. The summed E-state index contributed by atoms with van der Waals surface area (Å²) in [4.78, 5) is 8.95. The molecule has 1 N–H and O–H groups in total. The zero-order valence-electron chi connectivity index (χ0n) is 15.5. The third kappa shape index (κ3) is 3.25. The second-order valence-electron chi connectivity index (χ2n) is 6.28. The van der Waals surface area contributed by atoms with Gasteiger partial charge < -0.3 is 19.0 Å². The van der Waals surface area contributed by atoms with E-state index in [0.29, 0.717) is 33.6 Å². The fourth-order valence-electron chi connectivity index (χ4n) is 3.10. The molecule has 2 aromatic carbocycles. The molecule has 0 aliphatic heterocycles. The van der Waals surface area contributed by atoms with E-state index < -0.39 is 5.82 Å². The van der Waals surface area contributed by atoms with Gasteiger partial charge in [-0.25, -0.2) is 14.4 Å². The Morgan fingerprint density at radius 1 is 1.18 bits per heavy atom. The summed E-state index contributed by atoms with van der Waals surface area (Å²) >= 11 is 0. The van der Waals surface area contributed by atoms with Crippen molar-refractivity contribution < 1.29 is 23.4 Å². The Morgan fingerprint density at radius 2 is 2.04 bits per heavy atom. The average Bonchev–Trinajstić information content (AvgIpc) is 3.13. The number of hydrogen-bond donors (Lipinski definition) is 1. The number of ether oxygens (including phenoxy) is 2. The van der Waals surface area contributed by atoms with Crippen LogP contribution in [-0.4, -0.2) is 35.4 Å². The first-order chi connectivity index (χ1) is 13.6. The lowest BCUT2D eigenvalue weighted by atomic mass is 10.0. The first kappa shape index (κ1) is 18.2. The maximum atomic E-state index is 14.2. The first-order valence-corrected chi connectivity index (χ1v) is 8.93. The zero-order chi connectivity index (χ0) is 19.7. The first-order valence-electron chi connectivity index (χ1n) is 8.93. The molecule has 4 rings (SSSR count). The van der Waals surface area contributed by atoms with Gasteiger partial charge in [-0.05, 0) is 36.2 Å². The molecule has 0 unspecified atom stereocenters. The van der Waals surface area contributed by atoms with Gasteiger partial charge in [-0.15, -0.1) is 0 Å². The van der Waals surface area contributed by atoms with Crippen LogP contribution in [0.4, 0.5) is 4.39 Å². The predicted molar refractivity (Wildman–Crippen MR) is 103 cm³/mol. The molecule has 28 heavy (non-hydrogen) atoms. The molecule has 0 saturated heterocycles. The van der Waals surface area contributed by atoms with E-state index in [0.717, 1.165) is 17.5 Å². The van der Waals surface area contributed by atoms with E-state index in [-0.39, 0.29) is 19.0 Å². The summed E-state index contributed by atoms with van der Waals surface area (Å²) in [6.45, 7) is 1.89. The summed E-state index contributed by atoms with van der Waals surface area (Å²) in [6.07, 6.45) is 2.37. The molecule has 4 aromatic rings. The molecular weight excluding hydrogens is 363 g/mol. The molecule has 0 amide bonds. The highest BCUT2D eigenvalue weighted by Crippen LogP contribution is 2.35. The minimum atomic E-state index is -0.543. The molecule has 0 radical (unpaired) electrons. The highest BCUT2D eigenvalue weighted by molar-refractivity contribution is 5.94. The Labute approximate surface area is 160 Å². The van der Waals surface area contributed by atoms with Gasteiger partial charge >= 0.3 is 0 Å². The minimum absolute atomic E-state index is 0.0216. The van der Waals surface area contributed by atoms with E-state index >= 15 is 0 Å². The molecule has 144 valence electrons. The van der Waals surface area contributed by atoms with E-state index in [1.54, 1.807) is 19.4 Å². The highest BCUT2D eigenvalue weighted by Gasteiger charge is 2.16. The molecule has 2 aromatic heterocycles. The van der Waals surface area contributed by atoms with Crippen molar-refractivity contribution in [3.8, 4) is 23.0 Å². The van der Waals surface area contributed by atoms with E-state index in [1.807, 2.05) is 18.2 Å². The van der Waals surface area contributed by atoms with Gasteiger partial charge in [0.1, 0.15) is 18.0 Å². The second-order valence-corrected chi connectivity index (χ2v) is 6.28. The molecule has 0 spiro atoms. The Balaban J connectivity index is 1.88. The minimum Gasteiger partial charge on any atom is -0.488 e. The van der Waals surface area contributed by atoms with Gasteiger partial charge in [0.05, 0.1) is 30.9 Å². The molecule has 2 heterocycles. The lowest BCUT2D eigenvalue weighted by Gasteiger charge is -2.07. The SMILES string of the molecule is CCc1cc(-c2cc3cc(OCCO)c(F)cc3o2)c2ncc(OC)nc2c1. The molecular formula is C21H19FN2O4. The lowest BCUT2D eigenvalue weighted by Crippen LogP contribution is -2.02. The molecule has 0 fully saturated rings. The highest BCUT2D eigenvalue weighted by atomic mass is 19.1. The van der Waals surface area contributed by atoms with Crippen molar-refractivity contribution in [2.75, 3.05) is 20.3 Å². The van der Waals surface area contributed by atoms with Crippen molar-refractivity contribution in [1.29, 1.82) is 0 Å². The van der Waals surface area contributed by atoms with Crippen molar-refractivity contribution in [3.63, 3.8) is 0 Å². The predicted octanol–water partition coefficient (Wildman–Crippen LogP) is 4.12. The zero-order valence-corrected chi connectivity index (χ0v) is 15.5. The van der Waals surface area contributed by atoms with E-state index in [1.165, 1.54) is 6.07 Å². The van der Waals surface area contributed by atoms with E-state index in [4.69, 9.17) is 19.0 Å².